The van der Waals surface area contributed by atoms with E-state index in [-0.39, 0.29) is 26.0 Å². The fourth-order valence-corrected chi connectivity index (χ4v) is 3.28. The number of hydrogen-bond acceptors (Lipinski definition) is 7. The van der Waals surface area contributed by atoms with Gasteiger partial charge in [0.05, 0.1) is 13.2 Å². The lowest BCUT2D eigenvalue weighted by Crippen LogP contribution is -2.47. The lowest BCUT2D eigenvalue weighted by molar-refractivity contribution is -0.123. The Labute approximate surface area is 192 Å². The highest BCUT2D eigenvalue weighted by Crippen LogP contribution is 2.13. The molecule has 0 aliphatic carbocycles. The van der Waals surface area contributed by atoms with E-state index in [4.69, 9.17) is 15.2 Å². The Kier molecular flexibility index (Phi) is 9.01. The number of hydrogen-bond donors (Lipinski definition) is 3. The molecule has 0 radical (unpaired) electrons. The van der Waals surface area contributed by atoms with E-state index in [1.165, 1.54) is 0 Å². The van der Waals surface area contributed by atoms with Crippen molar-refractivity contribution in [1.82, 2.24) is 15.6 Å². The van der Waals surface area contributed by atoms with Gasteiger partial charge in [-0.15, -0.1) is 0 Å². The lowest BCUT2D eigenvalue weighted by Gasteiger charge is -2.27. The highest BCUT2D eigenvalue weighted by atomic mass is 16.5. The zero-order valence-corrected chi connectivity index (χ0v) is 18.4. The second-order valence-corrected chi connectivity index (χ2v) is 7.61. The number of nitrogens with zero attached hydrogens (tertiary/aromatic N) is 2. The summed E-state index contributed by atoms with van der Waals surface area (Å²) in [6.45, 7) is 3.22. The molecule has 0 spiro atoms. The van der Waals surface area contributed by atoms with Crippen LogP contribution in [0.5, 0.6) is 0 Å². The Morgan fingerprint density at radius 3 is 2.52 bits per heavy atom. The summed E-state index contributed by atoms with van der Waals surface area (Å²) >= 11 is 0. The van der Waals surface area contributed by atoms with Crippen molar-refractivity contribution in [2.45, 2.75) is 32.0 Å². The first-order valence-electron chi connectivity index (χ1n) is 10.8. The van der Waals surface area contributed by atoms with Crippen molar-refractivity contribution in [2.75, 3.05) is 31.2 Å². The summed E-state index contributed by atoms with van der Waals surface area (Å²) in [5.74, 6) is -0.143. The largest absolute Gasteiger partial charge is 0.445 e. The summed E-state index contributed by atoms with van der Waals surface area (Å²) in [4.78, 5) is 42.6. The van der Waals surface area contributed by atoms with E-state index in [0.717, 1.165) is 30.0 Å². The average Bonchev–Trinajstić information content (AvgIpc) is 2.85. The maximum Gasteiger partial charge on any atom is 0.408 e. The molecule has 4 N–H and O–H groups in total. The number of nitrogens with two attached hydrogens (primary N) is 1. The van der Waals surface area contributed by atoms with Gasteiger partial charge in [-0.25, -0.2) is 9.78 Å². The number of morpholine rings is 1. The van der Waals surface area contributed by atoms with Gasteiger partial charge in [-0.3, -0.25) is 9.59 Å². The molecule has 0 bridgehead atoms. The molecule has 2 aromatic rings. The molecule has 1 aliphatic rings. The molecule has 2 heterocycles. The highest BCUT2D eigenvalue weighted by Gasteiger charge is 2.22. The number of aromatic nitrogens is 1. The Morgan fingerprint density at radius 2 is 1.85 bits per heavy atom. The van der Waals surface area contributed by atoms with Crippen molar-refractivity contribution < 1.29 is 23.9 Å². The number of carbonyl (C=O) groups is 3. The number of alkyl carbamates (subject to hydrolysis) is 1. The van der Waals surface area contributed by atoms with E-state index in [1.807, 2.05) is 42.5 Å². The Bertz CT molecular complexity index is 917. The van der Waals surface area contributed by atoms with Crippen molar-refractivity contribution in [1.29, 1.82) is 0 Å². The van der Waals surface area contributed by atoms with E-state index in [1.54, 1.807) is 6.20 Å². The van der Waals surface area contributed by atoms with E-state index < -0.39 is 23.9 Å². The molecule has 0 unspecified atom stereocenters. The van der Waals surface area contributed by atoms with Crippen LogP contribution in [-0.4, -0.2) is 55.2 Å². The first-order valence-corrected chi connectivity index (χ1v) is 10.8. The number of pyridine rings is 1. The normalized spacial score (nSPS) is 14.2. The van der Waals surface area contributed by atoms with Gasteiger partial charge in [0.1, 0.15) is 18.5 Å². The quantitative estimate of drug-likeness (QED) is 0.488. The molecule has 176 valence electrons. The second kappa shape index (κ2) is 12.4. The number of benzene rings is 1. The number of anilines is 1. The predicted molar refractivity (Wildman–Crippen MR) is 121 cm³/mol. The van der Waals surface area contributed by atoms with Gasteiger partial charge in [0.2, 0.25) is 11.8 Å². The summed E-state index contributed by atoms with van der Waals surface area (Å²) in [5, 5.41) is 5.28. The molecule has 3 amide bonds. The number of amides is 3. The van der Waals surface area contributed by atoms with Gasteiger partial charge in [0, 0.05) is 32.3 Å². The second-order valence-electron chi connectivity index (χ2n) is 7.61. The van der Waals surface area contributed by atoms with Crippen molar-refractivity contribution in [2.24, 2.45) is 5.73 Å². The lowest BCUT2D eigenvalue weighted by atomic mass is 10.1. The topological polar surface area (TPSA) is 136 Å². The van der Waals surface area contributed by atoms with Gasteiger partial charge < -0.3 is 30.7 Å². The Balaban J connectivity index is 1.51. The molecule has 1 fully saturated rings. The van der Waals surface area contributed by atoms with Crippen molar-refractivity contribution in [3.8, 4) is 0 Å². The van der Waals surface area contributed by atoms with Crippen molar-refractivity contribution in [3.63, 3.8) is 0 Å². The Morgan fingerprint density at radius 1 is 1.09 bits per heavy atom. The maximum atomic E-state index is 12.7. The number of ether oxygens (including phenoxy) is 2. The van der Waals surface area contributed by atoms with Crippen LogP contribution >= 0.6 is 0 Å². The van der Waals surface area contributed by atoms with Gasteiger partial charge in [-0.1, -0.05) is 36.4 Å². The van der Waals surface area contributed by atoms with Crippen LogP contribution < -0.4 is 21.3 Å². The molecular formula is C23H29N5O5. The first-order chi connectivity index (χ1) is 16.0. The molecule has 0 saturated carbocycles. The predicted octanol–water partition coefficient (Wildman–Crippen LogP) is 1.09. The fraction of sp³-hybridized carbons (Fsp3) is 0.391. The minimum absolute atomic E-state index is 0.0488. The molecule has 10 nitrogen and oxygen atoms in total. The van der Waals surface area contributed by atoms with Gasteiger partial charge in [0.15, 0.2) is 0 Å². The first kappa shape index (κ1) is 24.0. The fourth-order valence-electron chi connectivity index (χ4n) is 3.28. The van der Waals surface area contributed by atoms with E-state index >= 15 is 0 Å². The van der Waals surface area contributed by atoms with Gasteiger partial charge in [0.25, 0.3) is 0 Å². The van der Waals surface area contributed by atoms with Crippen LogP contribution in [0, 0.1) is 0 Å². The molecular weight excluding hydrogens is 426 g/mol. The monoisotopic (exact) mass is 455 g/mol. The molecule has 1 atom stereocenters. The number of primary amides is 1. The summed E-state index contributed by atoms with van der Waals surface area (Å²) in [6, 6.07) is 12.0. The van der Waals surface area contributed by atoms with Crippen LogP contribution in [0.3, 0.4) is 0 Å². The standard InChI is InChI=1S/C23H29N5O5/c24-20(29)8-7-19(27-23(31)33-16-17-4-2-1-3-5-17)22(30)26-15-18-6-9-21(25-14-18)28-10-12-32-13-11-28/h1-6,9,14,19H,7-8,10-13,15-16H2,(H2,24,29)(H,26,30)(H,27,31)/t19-/m1/s1. The van der Waals surface area contributed by atoms with Crippen molar-refractivity contribution >= 4 is 23.7 Å². The third-order valence-electron chi connectivity index (χ3n) is 5.11. The highest BCUT2D eigenvalue weighted by molar-refractivity contribution is 5.86. The summed E-state index contributed by atoms with van der Waals surface area (Å²) in [7, 11) is 0. The zero-order valence-electron chi connectivity index (χ0n) is 18.4. The molecule has 1 aliphatic heterocycles. The average molecular weight is 456 g/mol. The van der Waals surface area contributed by atoms with Gasteiger partial charge in [-0.2, -0.15) is 0 Å². The number of nitrogens with one attached hydrogen (secondary N) is 2. The van der Waals surface area contributed by atoms with E-state index in [0.29, 0.717) is 13.2 Å². The van der Waals surface area contributed by atoms with E-state index in [2.05, 4.69) is 20.5 Å². The SMILES string of the molecule is NC(=O)CC[C@@H](NC(=O)OCc1ccccc1)C(=O)NCc1ccc(N2CCOCC2)nc1. The minimum atomic E-state index is -0.957. The summed E-state index contributed by atoms with van der Waals surface area (Å²) in [5.41, 5.74) is 6.84. The molecule has 3 rings (SSSR count). The zero-order chi connectivity index (χ0) is 23.5. The maximum absolute atomic E-state index is 12.7. The van der Waals surface area contributed by atoms with Gasteiger partial charge in [-0.05, 0) is 23.6 Å². The minimum Gasteiger partial charge on any atom is -0.445 e. The van der Waals surface area contributed by atoms with Crippen LogP contribution in [0.15, 0.2) is 48.7 Å². The Hall–Kier alpha value is -3.66. The molecule has 1 saturated heterocycles. The third-order valence-corrected chi connectivity index (χ3v) is 5.11. The number of carbonyl (C=O) groups excluding carboxylic acids is 3. The van der Waals surface area contributed by atoms with Crippen LogP contribution in [0.25, 0.3) is 0 Å². The molecule has 33 heavy (non-hydrogen) atoms. The van der Waals surface area contributed by atoms with Crippen LogP contribution in [0.4, 0.5) is 10.6 Å². The van der Waals surface area contributed by atoms with Crippen LogP contribution in [-0.2, 0) is 32.2 Å². The van der Waals surface area contributed by atoms with Crippen LogP contribution in [0.1, 0.15) is 24.0 Å². The third kappa shape index (κ3) is 8.08. The van der Waals surface area contributed by atoms with Gasteiger partial charge >= 0.3 is 6.09 Å². The summed E-state index contributed by atoms with van der Waals surface area (Å²) in [6.07, 6.45) is 0.966. The van der Waals surface area contributed by atoms with E-state index in [9.17, 15) is 14.4 Å². The van der Waals surface area contributed by atoms with Crippen molar-refractivity contribution in [3.05, 3.63) is 59.8 Å². The molecule has 10 heteroatoms. The van der Waals surface area contributed by atoms with Crippen LogP contribution in [0.2, 0.25) is 0 Å². The molecule has 1 aromatic carbocycles. The number of rotatable bonds is 10. The smallest absolute Gasteiger partial charge is 0.408 e. The summed E-state index contributed by atoms with van der Waals surface area (Å²) < 4.78 is 10.5. The molecule has 1 aromatic heterocycles.